The summed E-state index contributed by atoms with van der Waals surface area (Å²) in [6.45, 7) is 0.939. The summed E-state index contributed by atoms with van der Waals surface area (Å²) in [6, 6.07) is 7.97. The summed E-state index contributed by atoms with van der Waals surface area (Å²) in [5.74, 6) is -0.845. The number of hydrogen-bond acceptors (Lipinski definition) is 4. The van der Waals surface area contributed by atoms with Gasteiger partial charge in [-0.25, -0.2) is 4.39 Å². The molecule has 1 aromatic carbocycles. The molecule has 2 aliphatic rings. The van der Waals surface area contributed by atoms with Crippen molar-refractivity contribution in [3.05, 3.63) is 41.9 Å². The number of amides is 2. The number of hydrogen-bond donors (Lipinski definition) is 1. The van der Waals surface area contributed by atoms with Gasteiger partial charge >= 0.3 is 0 Å². The lowest BCUT2D eigenvalue weighted by Gasteiger charge is -2.31. The van der Waals surface area contributed by atoms with Crippen LogP contribution in [0.1, 0.15) is 36.2 Å². The third-order valence-electron chi connectivity index (χ3n) is 4.87. The van der Waals surface area contributed by atoms with Crippen LogP contribution >= 0.6 is 0 Å². The van der Waals surface area contributed by atoms with E-state index in [1.54, 1.807) is 23.1 Å². The lowest BCUT2D eigenvalue weighted by molar-refractivity contribution is -0.126. The minimum Gasteiger partial charge on any atom is -0.353 e. The molecule has 1 unspecified atom stereocenters. The molecule has 6 nitrogen and oxygen atoms in total. The van der Waals surface area contributed by atoms with E-state index in [-0.39, 0.29) is 34.7 Å². The van der Waals surface area contributed by atoms with E-state index in [0.717, 1.165) is 25.7 Å². The number of rotatable bonds is 4. The van der Waals surface area contributed by atoms with Crippen molar-refractivity contribution in [2.75, 3.05) is 13.1 Å². The Morgan fingerprint density at radius 1 is 1.23 bits per heavy atom. The molecular weight excluding hydrogens is 337 g/mol. The quantitative estimate of drug-likeness (QED) is 0.913. The molecule has 2 amide bonds. The number of likely N-dealkylation sites (tertiary alicyclic amines) is 1. The Bertz CT molecular complexity index is 831. The molecule has 0 bridgehead atoms. The van der Waals surface area contributed by atoms with Crippen molar-refractivity contribution in [3.8, 4) is 11.3 Å². The number of benzene rings is 1. The first-order valence-electron chi connectivity index (χ1n) is 8.93. The molecule has 1 aliphatic heterocycles. The van der Waals surface area contributed by atoms with Crippen LogP contribution in [-0.4, -0.2) is 41.0 Å². The maximum Gasteiger partial charge on any atom is 0.292 e. The van der Waals surface area contributed by atoms with Gasteiger partial charge in [-0.3, -0.25) is 9.59 Å². The van der Waals surface area contributed by atoms with Gasteiger partial charge in [0.05, 0.1) is 5.92 Å². The van der Waals surface area contributed by atoms with Crippen LogP contribution in [0.3, 0.4) is 0 Å². The highest BCUT2D eigenvalue weighted by molar-refractivity contribution is 5.93. The van der Waals surface area contributed by atoms with Gasteiger partial charge in [-0.1, -0.05) is 17.3 Å². The number of carbonyl (C=O) groups is 2. The summed E-state index contributed by atoms with van der Waals surface area (Å²) in [6.07, 6.45) is 3.62. The number of piperidine rings is 1. The summed E-state index contributed by atoms with van der Waals surface area (Å²) in [7, 11) is 0. The Labute approximate surface area is 150 Å². The zero-order valence-corrected chi connectivity index (χ0v) is 14.3. The Balaban J connectivity index is 1.45. The van der Waals surface area contributed by atoms with E-state index in [1.165, 1.54) is 12.1 Å². The van der Waals surface area contributed by atoms with E-state index in [9.17, 15) is 14.0 Å². The number of nitrogens with one attached hydrogen (secondary N) is 1. The fourth-order valence-electron chi connectivity index (χ4n) is 3.25. The van der Waals surface area contributed by atoms with Crippen LogP contribution < -0.4 is 5.32 Å². The van der Waals surface area contributed by atoms with E-state index in [2.05, 4.69) is 10.5 Å². The molecule has 2 heterocycles. The normalized spacial score (nSPS) is 20.0. The van der Waals surface area contributed by atoms with Gasteiger partial charge in [0.2, 0.25) is 11.7 Å². The Hall–Kier alpha value is -2.70. The number of halogens is 1. The Morgan fingerprint density at radius 2 is 2.04 bits per heavy atom. The highest BCUT2D eigenvalue weighted by Crippen LogP contribution is 2.25. The molecule has 0 radical (unpaired) electrons. The molecule has 1 aliphatic carbocycles. The lowest BCUT2D eigenvalue weighted by atomic mass is 9.97. The summed E-state index contributed by atoms with van der Waals surface area (Å²) in [5.41, 5.74) is 0.571. The van der Waals surface area contributed by atoms with Crippen LogP contribution in [0.25, 0.3) is 11.3 Å². The van der Waals surface area contributed by atoms with Gasteiger partial charge in [0.1, 0.15) is 11.5 Å². The van der Waals surface area contributed by atoms with Gasteiger partial charge in [0, 0.05) is 30.8 Å². The maximum absolute atomic E-state index is 13.9. The van der Waals surface area contributed by atoms with Gasteiger partial charge in [-0.2, -0.15) is 0 Å². The van der Waals surface area contributed by atoms with Crippen LogP contribution in [0, 0.1) is 11.7 Å². The highest BCUT2D eigenvalue weighted by atomic mass is 19.1. The van der Waals surface area contributed by atoms with Gasteiger partial charge in [-0.15, -0.1) is 0 Å². The zero-order chi connectivity index (χ0) is 18.1. The predicted molar refractivity (Wildman–Crippen MR) is 91.7 cm³/mol. The van der Waals surface area contributed by atoms with E-state index >= 15 is 0 Å². The van der Waals surface area contributed by atoms with Gasteiger partial charge in [0.25, 0.3) is 5.91 Å². The molecule has 136 valence electrons. The number of carbonyl (C=O) groups excluding carboxylic acids is 2. The van der Waals surface area contributed by atoms with E-state index < -0.39 is 5.82 Å². The van der Waals surface area contributed by atoms with Crippen molar-refractivity contribution < 1.29 is 18.5 Å². The second-order valence-corrected chi connectivity index (χ2v) is 6.93. The maximum atomic E-state index is 13.9. The largest absolute Gasteiger partial charge is 0.353 e. The molecule has 0 spiro atoms. The molecular formula is C19H20FN3O3. The molecule has 4 rings (SSSR count). The van der Waals surface area contributed by atoms with Crippen molar-refractivity contribution in [1.82, 2.24) is 15.4 Å². The first-order valence-corrected chi connectivity index (χ1v) is 8.93. The average Bonchev–Trinajstić information content (AvgIpc) is 3.34. The van der Waals surface area contributed by atoms with Crippen molar-refractivity contribution in [1.29, 1.82) is 0 Å². The highest BCUT2D eigenvalue weighted by Gasteiger charge is 2.33. The van der Waals surface area contributed by atoms with Gasteiger partial charge < -0.3 is 14.7 Å². The molecule has 1 aromatic heterocycles. The van der Waals surface area contributed by atoms with Crippen LogP contribution in [-0.2, 0) is 4.79 Å². The zero-order valence-electron chi connectivity index (χ0n) is 14.3. The average molecular weight is 357 g/mol. The SMILES string of the molecule is O=C(NC1CC1)C1CCCN(C(=O)c2cc(-c3ccccc3F)no2)C1. The minimum atomic E-state index is -0.422. The molecule has 1 saturated carbocycles. The second-order valence-electron chi connectivity index (χ2n) is 6.93. The molecule has 2 aromatic rings. The standard InChI is InChI=1S/C19H20FN3O3/c20-15-6-2-1-5-14(15)16-10-17(26-22-16)19(25)23-9-3-4-12(11-23)18(24)21-13-7-8-13/h1-2,5-6,10,12-13H,3-4,7-9,11H2,(H,21,24). The smallest absolute Gasteiger partial charge is 0.292 e. The van der Waals surface area contributed by atoms with E-state index in [0.29, 0.717) is 19.1 Å². The van der Waals surface area contributed by atoms with Crippen molar-refractivity contribution in [2.24, 2.45) is 5.92 Å². The predicted octanol–water partition coefficient (Wildman–Crippen LogP) is 2.61. The molecule has 1 saturated heterocycles. The summed E-state index contributed by atoms with van der Waals surface area (Å²) >= 11 is 0. The van der Waals surface area contributed by atoms with Crippen LogP contribution in [0.4, 0.5) is 4.39 Å². The van der Waals surface area contributed by atoms with Gasteiger partial charge in [-0.05, 0) is 37.8 Å². The second kappa shape index (κ2) is 6.90. The topological polar surface area (TPSA) is 75.4 Å². The Morgan fingerprint density at radius 3 is 2.81 bits per heavy atom. The van der Waals surface area contributed by atoms with Gasteiger partial charge in [0.15, 0.2) is 0 Å². The monoisotopic (exact) mass is 357 g/mol. The Kier molecular flexibility index (Phi) is 4.44. The first kappa shape index (κ1) is 16.8. The summed E-state index contributed by atoms with van der Waals surface area (Å²) < 4.78 is 19.0. The molecule has 1 atom stereocenters. The fraction of sp³-hybridized carbons (Fsp3) is 0.421. The van der Waals surface area contributed by atoms with E-state index in [4.69, 9.17) is 4.52 Å². The molecule has 2 fully saturated rings. The number of aromatic nitrogens is 1. The van der Waals surface area contributed by atoms with E-state index in [1.807, 2.05) is 0 Å². The van der Waals surface area contributed by atoms with Crippen LogP contribution in [0.5, 0.6) is 0 Å². The summed E-state index contributed by atoms with van der Waals surface area (Å²) in [4.78, 5) is 26.6. The third-order valence-corrected chi connectivity index (χ3v) is 4.87. The lowest BCUT2D eigenvalue weighted by Crippen LogP contribution is -2.45. The summed E-state index contributed by atoms with van der Waals surface area (Å²) in [5, 5.41) is 6.82. The molecule has 1 N–H and O–H groups in total. The molecule has 26 heavy (non-hydrogen) atoms. The van der Waals surface area contributed by atoms with Crippen LogP contribution in [0.2, 0.25) is 0 Å². The fourth-order valence-corrected chi connectivity index (χ4v) is 3.25. The third kappa shape index (κ3) is 3.47. The van der Waals surface area contributed by atoms with Crippen molar-refractivity contribution in [2.45, 2.75) is 31.7 Å². The molecule has 7 heteroatoms. The van der Waals surface area contributed by atoms with Crippen molar-refractivity contribution >= 4 is 11.8 Å². The number of nitrogens with zero attached hydrogens (tertiary/aromatic N) is 2. The van der Waals surface area contributed by atoms with Crippen molar-refractivity contribution in [3.63, 3.8) is 0 Å². The minimum absolute atomic E-state index is 0.0228. The first-order chi connectivity index (χ1) is 12.6. The van der Waals surface area contributed by atoms with Crippen LogP contribution in [0.15, 0.2) is 34.9 Å².